The highest BCUT2D eigenvalue weighted by atomic mass is 32.2. The average Bonchev–Trinajstić information content (AvgIpc) is 3.19. The lowest BCUT2D eigenvalue weighted by Crippen LogP contribution is -2.45. The molecule has 0 bridgehead atoms. The predicted molar refractivity (Wildman–Crippen MR) is 73.1 cm³/mol. The molecule has 1 unspecified atom stereocenters. The summed E-state index contributed by atoms with van der Waals surface area (Å²) >= 11 is 1.59. The summed E-state index contributed by atoms with van der Waals surface area (Å²) in [4.78, 5) is 23.5. The van der Waals surface area contributed by atoms with Crippen LogP contribution in [0.3, 0.4) is 0 Å². The SMILES string of the molecule is O=C(NC1(C(=O)O)CC1)C1SCCc2ccccc21. The van der Waals surface area contributed by atoms with Crippen LogP contribution >= 0.6 is 11.8 Å². The third-order valence-corrected chi connectivity index (χ3v) is 4.99. The summed E-state index contributed by atoms with van der Waals surface area (Å²) in [6.45, 7) is 0. The summed E-state index contributed by atoms with van der Waals surface area (Å²) in [6.07, 6.45) is 2.04. The number of aliphatic carboxylic acids is 1. The highest BCUT2D eigenvalue weighted by Crippen LogP contribution is 2.40. The van der Waals surface area contributed by atoms with E-state index >= 15 is 0 Å². The van der Waals surface area contributed by atoms with Crippen LogP contribution in [-0.4, -0.2) is 28.3 Å². The standard InChI is InChI=1S/C14H15NO3S/c16-12(15-14(6-7-14)13(17)18)11-10-4-2-1-3-9(10)5-8-19-11/h1-4,11H,5-8H2,(H,15,16)(H,17,18). The quantitative estimate of drug-likeness (QED) is 0.883. The maximum Gasteiger partial charge on any atom is 0.329 e. The van der Waals surface area contributed by atoms with Gasteiger partial charge in [-0.3, -0.25) is 4.79 Å². The molecule has 1 aromatic rings. The molecule has 1 atom stereocenters. The van der Waals surface area contributed by atoms with Crippen LogP contribution < -0.4 is 5.32 Å². The van der Waals surface area contributed by atoms with Gasteiger partial charge in [0.2, 0.25) is 5.91 Å². The fourth-order valence-electron chi connectivity index (χ4n) is 2.43. The number of aryl methyl sites for hydroxylation is 1. The van der Waals surface area contributed by atoms with Crippen molar-refractivity contribution in [2.75, 3.05) is 5.75 Å². The van der Waals surface area contributed by atoms with E-state index in [1.54, 1.807) is 11.8 Å². The number of amides is 1. The van der Waals surface area contributed by atoms with Crippen LogP contribution in [0, 0.1) is 0 Å². The van der Waals surface area contributed by atoms with E-state index in [-0.39, 0.29) is 11.2 Å². The Morgan fingerprint density at radius 2 is 2.05 bits per heavy atom. The van der Waals surface area contributed by atoms with Crippen molar-refractivity contribution in [3.8, 4) is 0 Å². The largest absolute Gasteiger partial charge is 0.480 e. The number of thioether (sulfide) groups is 1. The van der Waals surface area contributed by atoms with Crippen molar-refractivity contribution in [2.24, 2.45) is 0 Å². The number of hydrogen-bond donors (Lipinski definition) is 2. The molecule has 1 aliphatic heterocycles. The van der Waals surface area contributed by atoms with Crippen molar-refractivity contribution in [1.82, 2.24) is 5.32 Å². The molecule has 100 valence electrons. The van der Waals surface area contributed by atoms with Gasteiger partial charge in [0.25, 0.3) is 0 Å². The molecule has 19 heavy (non-hydrogen) atoms. The van der Waals surface area contributed by atoms with Gasteiger partial charge >= 0.3 is 5.97 Å². The van der Waals surface area contributed by atoms with E-state index < -0.39 is 11.5 Å². The molecular formula is C14H15NO3S. The highest BCUT2D eigenvalue weighted by molar-refractivity contribution is 8.00. The summed E-state index contributed by atoms with van der Waals surface area (Å²) in [7, 11) is 0. The maximum atomic E-state index is 12.3. The molecule has 1 amide bonds. The van der Waals surface area contributed by atoms with Crippen molar-refractivity contribution in [3.63, 3.8) is 0 Å². The van der Waals surface area contributed by atoms with Gasteiger partial charge in [-0.25, -0.2) is 4.79 Å². The minimum Gasteiger partial charge on any atom is -0.480 e. The zero-order chi connectivity index (χ0) is 13.5. The minimum atomic E-state index is -0.996. The molecule has 0 radical (unpaired) electrons. The number of nitrogens with one attached hydrogen (secondary N) is 1. The molecule has 4 nitrogen and oxygen atoms in total. The molecule has 2 aliphatic rings. The van der Waals surface area contributed by atoms with Gasteiger partial charge in [-0.1, -0.05) is 24.3 Å². The Balaban J connectivity index is 1.80. The second kappa shape index (κ2) is 4.56. The Kier molecular flexibility index (Phi) is 3.01. The molecule has 1 aliphatic carbocycles. The van der Waals surface area contributed by atoms with Gasteiger partial charge in [0.15, 0.2) is 0 Å². The van der Waals surface area contributed by atoms with Gasteiger partial charge < -0.3 is 10.4 Å². The van der Waals surface area contributed by atoms with Crippen molar-refractivity contribution in [2.45, 2.75) is 30.1 Å². The Labute approximate surface area is 115 Å². The summed E-state index contributed by atoms with van der Waals surface area (Å²) in [5.74, 6) is -0.193. The predicted octanol–water partition coefficient (Wildman–Crippen LogP) is 1.75. The van der Waals surface area contributed by atoms with Gasteiger partial charge in [-0.05, 0) is 36.1 Å². The first-order valence-electron chi connectivity index (χ1n) is 6.37. The monoisotopic (exact) mass is 277 g/mol. The molecule has 1 aromatic carbocycles. The van der Waals surface area contributed by atoms with Gasteiger partial charge in [0, 0.05) is 0 Å². The second-order valence-corrected chi connectivity index (χ2v) is 6.29. The van der Waals surface area contributed by atoms with E-state index in [1.165, 1.54) is 5.56 Å². The lowest BCUT2D eigenvalue weighted by atomic mass is 10.0. The number of carbonyl (C=O) groups excluding carboxylic acids is 1. The molecule has 1 fully saturated rings. The van der Waals surface area contributed by atoms with E-state index in [9.17, 15) is 9.59 Å². The summed E-state index contributed by atoms with van der Waals surface area (Å²) < 4.78 is 0. The first-order chi connectivity index (χ1) is 9.12. The topological polar surface area (TPSA) is 66.4 Å². The van der Waals surface area contributed by atoms with E-state index in [1.807, 2.05) is 24.3 Å². The van der Waals surface area contributed by atoms with Gasteiger partial charge in [-0.15, -0.1) is 11.8 Å². The Morgan fingerprint density at radius 1 is 1.32 bits per heavy atom. The number of rotatable bonds is 3. The summed E-state index contributed by atoms with van der Waals surface area (Å²) in [6, 6.07) is 7.91. The molecule has 5 heteroatoms. The Bertz CT molecular complexity index is 539. The lowest BCUT2D eigenvalue weighted by molar-refractivity contribution is -0.143. The van der Waals surface area contributed by atoms with Crippen molar-refractivity contribution < 1.29 is 14.7 Å². The zero-order valence-electron chi connectivity index (χ0n) is 10.4. The molecule has 0 spiro atoms. The Hall–Kier alpha value is -1.49. The van der Waals surface area contributed by atoms with E-state index in [0.29, 0.717) is 12.8 Å². The van der Waals surface area contributed by atoms with Crippen LogP contribution in [0.4, 0.5) is 0 Å². The fraction of sp³-hybridized carbons (Fsp3) is 0.429. The number of hydrogen-bond acceptors (Lipinski definition) is 3. The second-order valence-electron chi connectivity index (χ2n) is 5.08. The van der Waals surface area contributed by atoms with Crippen LogP contribution in [0.5, 0.6) is 0 Å². The average molecular weight is 277 g/mol. The van der Waals surface area contributed by atoms with E-state index in [4.69, 9.17) is 5.11 Å². The van der Waals surface area contributed by atoms with Gasteiger partial charge in [0.05, 0.1) is 0 Å². The number of carboxylic acids is 1. The number of carbonyl (C=O) groups is 2. The van der Waals surface area contributed by atoms with E-state index in [2.05, 4.69) is 5.32 Å². The summed E-state index contributed by atoms with van der Waals surface area (Å²) in [5, 5.41) is 11.6. The normalized spacial score (nSPS) is 23.3. The van der Waals surface area contributed by atoms with Crippen LogP contribution in [-0.2, 0) is 16.0 Å². The molecule has 3 rings (SSSR count). The van der Waals surface area contributed by atoms with Gasteiger partial charge in [-0.2, -0.15) is 0 Å². The molecular weight excluding hydrogens is 262 g/mol. The van der Waals surface area contributed by atoms with Crippen molar-refractivity contribution in [3.05, 3.63) is 35.4 Å². The molecule has 0 saturated heterocycles. The smallest absolute Gasteiger partial charge is 0.329 e. The van der Waals surface area contributed by atoms with Gasteiger partial charge in [0.1, 0.15) is 10.8 Å². The number of benzene rings is 1. The number of fused-ring (bicyclic) bond motifs is 1. The zero-order valence-corrected chi connectivity index (χ0v) is 11.2. The molecule has 1 saturated carbocycles. The summed E-state index contributed by atoms with van der Waals surface area (Å²) in [5.41, 5.74) is 1.23. The molecule has 2 N–H and O–H groups in total. The first-order valence-corrected chi connectivity index (χ1v) is 7.42. The number of carboxylic acid groups (broad SMARTS) is 1. The van der Waals surface area contributed by atoms with Crippen LogP contribution in [0.15, 0.2) is 24.3 Å². The first kappa shape index (κ1) is 12.5. The molecule has 0 aromatic heterocycles. The Morgan fingerprint density at radius 3 is 2.74 bits per heavy atom. The highest BCUT2D eigenvalue weighted by Gasteiger charge is 2.52. The lowest BCUT2D eigenvalue weighted by Gasteiger charge is -2.25. The minimum absolute atomic E-state index is 0.169. The van der Waals surface area contributed by atoms with Crippen LogP contribution in [0.1, 0.15) is 29.2 Å². The van der Waals surface area contributed by atoms with E-state index in [0.717, 1.165) is 17.7 Å². The molecule has 1 heterocycles. The third kappa shape index (κ3) is 2.23. The fourth-order valence-corrected chi connectivity index (χ4v) is 3.62. The van der Waals surface area contributed by atoms with Crippen LogP contribution in [0.2, 0.25) is 0 Å². The maximum absolute atomic E-state index is 12.3. The van der Waals surface area contributed by atoms with Crippen molar-refractivity contribution >= 4 is 23.6 Å². The van der Waals surface area contributed by atoms with Crippen LogP contribution in [0.25, 0.3) is 0 Å². The van der Waals surface area contributed by atoms with Crippen molar-refractivity contribution in [1.29, 1.82) is 0 Å². The third-order valence-electron chi connectivity index (χ3n) is 3.75.